The van der Waals surface area contributed by atoms with Crippen molar-refractivity contribution in [1.29, 1.82) is 0 Å². The normalized spacial score (nSPS) is 20.9. The Hall–Kier alpha value is -1.63. The number of nitrogens with one attached hydrogen (secondary N) is 1. The van der Waals surface area contributed by atoms with Crippen molar-refractivity contribution in [3.63, 3.8) is 0 Å². The summed E-state index contributed by atoms with van der Waals surface area (Å²) in [6.45, 7) is 2.58. The first kappa shape index (κ1) is 16.4. The number of hydrogen-bond acceptors (Lipinski definition) is 6. The summed E-state index contributed by atoms with van der Waals surface area (Å²) in [6, 6.07) is -0.868. The van der Waals surface area contributed by atoms with Gasteiger partial charge in [0, 0.05) is 6.61 Å². The molecule has 0 aromatic carbocycles. The second-order valence-electron chi connectivity index (χ2n) is 4.83. The van der Waals surface area contributed by atoms with E-state index < -0.39 is 23.9 Å². The van der Waals surface area contributed by atoms with Crippen LogP contribution in [0.4, 0.5) is 0 Å². The van der Waals surface area contributed by atoms with Gasteiger partial charge in [-0.25, -0.2) is 4.79 Å². The number of amides is 1. The lowest BCUT2D eigenvalue weighted by molar-refractivity contribution is -0.149. The molecule has 7 nitrogen and oxygen atoms in total. The van der Waals surface area contributed by atoms with E-state index in [1.807, 2.05) is 0 Å². The summed E-state index contributed by atoms with van der Waals surface area (Å²) in [5.74, 6) is -1.94. The highest BCUT2D eigenvalue weighted by molar-refractivity contribution is 5.86. The summed E-state index contributed by atoms with van der Waals surface area (Å²) in [7, 11) is 2.52. The molecular formula is C13H21NO6. The minimum atomic E-state index is -0.868. The predicted octanol–water partition coefficient (Wildman–Crippen LogP) is -0.120. The van der Waals surface area contributed by atoms with Gasteiger partial charge in [0.1, 0.15) is 6.04 Å². The van der Waals surface area contributed by atoms with Gasteiger partial charge in [0.25, 0.3) is 0 Å². The van der Waals surface area contributed by atoms with Crippen LogP contribution in [0, 0.1) is 11.8 Å². The number of carbonyl (C=O) groups is 3. The zero-order valence-corrected chi connectivity index (χ0v) is 12.0. The van der Waals surface area contributed by atoms with E-state index in [1.54, 1.807) is 6.92 Å². The third-order valence-electron chi connectivity index (χ3n) is 3.34. The smallest absolute Gasteiger partial charge is 0.328 e. The summed E-state index contributed by atoms with van der Waals surface area (Å²) >= 11 is 0. The molecule has 0 unspecified atom stereocenters. The lowest BCUT2D eigenvalue weighted by atomic mass is 9.97. The second kappa shape index (κ2) is 7.84. The zero-order valence-electron chi connectivity index (χ0n) is 12.0. The van der Waals surface area contributed by atoms with Gasteiger partial charge in [-0.3, -0.25) is 9.59 Å². The van der Waals surface area contributed by atoms with Gasteiger partial charge in [0.05, 0.1) is 33.2 Å². The largest absolute Gasteiger partial charge is 0.469 e. The molecule has 1 heterocycles. The molecule has 20 heavy (non-hydrogen) atoms. The van der Waals surface area contributed by atoms with Crippen LogP contribution in [0.3, 0.4) is 0 Å². The maximum absolute atomic E-state index is 12.0. The molecule has 1 N–H and O–H groups in total. The summed E-state index contributed by atoms with van der Waals surface area (Å²) < 4.78 is 14.4. The maximum Gasteiger partial charge on any atom is 0.328 e. The average molecular weight is 287 g/mol. The zero-order chi connectivity index (χ0) is 15.1. The molecule has 7 heteroatoms. The highest BCUT2D eigenvalue weighted by Crippen LogP contribution is 2.15. The Labute approximate surface area is 117 Å². The van der Waals surface area contributed by atoms with E-state index >= 15 is 0 Å². The Kier molecular flexibility index (Phi) is 6.44. The van der Waals surface area contributed by atoms with Crippen molar-refractivity contribution in [1.82, 2.24) is 5.32 Å². The van der Waals surface area contributed by atoms with E-state index in [-0.39, 0.29) is 18.2 Å². The van der Waals surface area contributed by atoms with Gasteiger partial charge in [-0.15, -0.1) is 0 Å². The summed E-state index contributed by atoms with van der Waals surface area (Å²) in [5.41, 5.74) is 0. The molecule has 1 aliphatic heterocycles. The third-order valence-corrected chi connectivity index (χ3v) is 3.34. The van der Waals surface area contributed by atoms with Crippen LogP contribution in [0.2, 0.25) is 0 Å². The molecule has 1 aliphatic rings. The maximum atomic E-state index is 12.0. The molecule has 0 aromatic rings. The molecular weight excluding hydrogens is 266 g/mol. The molecule has 0 radical (unpaired) electrons. The molecule has 0 saturated carbocycles. The van der Waals surface area contributed by atoms with Crippen LogP contribution in [0.25, 0.3) is 0 Å². The van der Waals surface area contributed by atoms with Crippen LogP contribution < -0.4 is 5.32 Å². The summed E-state index contributed by atoms with van der Waals surface area (Å²) in [6.07, 6.45) is 0.656. The van der Waals surface area contributed by atoms with Crippen molar-refractivity contribution in [2.24, 2.45) is 11.8 Å². The molecule has 0 aromatic heterocycles. The van der Waals surface area contributed by atoms with Gasteiger partial charge in [0.2, 0.25) is 5.91 Å². The summed E-state index contributed by atoms with van der Waals surface area (Å²) in [5, 5.41) is 2.64. The van der Waals surface area contributed by atoms with E-state index in [9.17, 15) is 14.4 Å². The molecule has 1 amide bonds. The van der Waals surface area contributed by atoms with Gasteiger partial charge in [-0.2, -0.15) is 0 Å². The first-order chi connectivity index (χ1) is 9.49. The fraction of sp³-hybridized carbons (Fsp3) is 0.769. The Morgan fingerprint density at radius 1 is 1.30 bits per heavy atom. The van der Waals surface area contributed by atoms with Crippen molar-refractivity contribution in [2.45, 2.75) is 25.8 Å². The van der Waals surface area contributed by atoms with Crippen molar-refractivity contribution in [3.05, 3.63) is 0 Å². The molecule has 0 aliphatic carbocycles. The highest BCUT2D eigenvalue weighted by Gasteiger charge is 2.32. The molecule has 1 rings (SSSR count). The Morgan fingerprint density at radius 3 is 2.50 bits per heavy atom. The monoisotopic (exact) mass is 287 g/mol. The highest BCUT2D eigenvalue weighted by atomic mass is 16.5. The van der Waals surface area contributed by atoms with Crippen molar-refractivity contribution >= 4 is 17.8 Å². The van der Waals surface area contributed by atoms with Crippen LogP contribution in [0.5, 0.6) is 0 Å². The minimum Gasteiger partial charge on any atom is -0.469 e. The van der Waals surface area contributed by atoms with Gasteiger partial charge >= 0.3 is 11.9 Å². The Morgan fingerprint density at radius 2 is 2.00 bits per heavy atom. The van der Waals surface area contributed by atoms with Gasteiger partial charge in [0.15, 0.2) is 0 Å². The fourth-order valence-corrected chi connectivity index (χ4v) is 2.04. The number of carbonyl (C=O) groups excluding carboxylic acids is 3. The van der Waals surface area contributed by atoms with Crippen LogP contribution in [0.15, 0.2) is 0 Å². The molecule has 3 atom stereocenters. The molecule has 1 saturated heterocycles. The minimum absolute atomic E-state index is 0.0255. The first-order valence-electron chi connectivity index (χ1n) is 6.52. The van der Waals surface area contributed by atoms with E-state index in [1.165, 1.54) is 14.2 Å². The van der Waals surface area contributed by atoms with Crippen molar-refractivity contribution in [2.75, 3.05) is 27.4 Å². The van der Waals surface area contributed by atoms with Gasteiger partial charge in [-0.05, 0) is 12.3 Å². The number of methoxy groups -OCH3 is 2. The van der Waals surface area contributed by atoms with Crippen LogP contribution in [0.1, 0.15) is 19.8 Å². The van der Waals surface area contributed by atoms with Crippen LogP contribution >= 0.6 is 0 Å². The molecule has 1 fully saturated rings. The van der Waals surface area contributed by atoms with E-state index in [2.05, 4.69) is 14.8 Å². The number of rotatable bonds is 6. The number of ether oxygens (including phenoxy) is 3. The van der Waals surface area contributed by atoms with Gasteiger partial charge < -0.3 is 19.5 Å². The van der Waals surface area contributed by atoms with Crippen molar-refractivity contribution in [3.8, 4) is 0 Å². The fourth-order valence-electron chi connectivity index (χ4n) is 2.04. The third kappa shape index (κ3) is 4.48. The topological polar surface area (TPSA) is 90.9 Å². The Bertz CT molecular complexity index is 364. The molecule has 0 bridgehead atoms. The lowest BCUT2D eigenvalue weighted by Crippen LogP contribution is -2.48. The number of esters is 2. The van der Waals surface area contributed by atoms with E-state index in [0.29, 0.717) is 19.6 Å². The lowest BCUT2D eigenvalue weighted by Gasteiger charge is -2.23. The molecule has 0 spiro atoms. The average Bonchev–Trinajstić information content (AvgIpc) is 2.97. The Balaban J connectivity index is 2.65. The second-order valence-corrected chi connectivity index (χ2v) is 4.83. The molecule has 114 valence electrons. The van der Waals surface area contributed by atoms with E-state index in [0.717, 1.165) is 0 Å². The van der Waals surface area contributed by atoms with Crippen LogP contribution in [-0.4, -0.2) is 51.3 Å². The van der Waals surface area contributed by atoms with Crippen molar-refractivity contribution < 1.29 is 28.6 Å². The standard InChI is InChI=1S/C13H21NO6/c1-8(6-10(15)18-2)11(13(17)19-3)14-12(16)9-4-5-20-7-9/h8-9,11H,4-7H2,1-3H3,(H,14,16)/t8-,9+,11+/m0/s1. The first-order valence-corrected chi connectivity index (χ1v) is 6.52. The SMILES string of the molecule is COC(=O)C[C@H](C)[C@@H](NC(=O)[C@@H]1CCOC1)C(=O)OC. The van der Waals surface area contributed by atoms with Crippen LogP contribution in [-0.2, 0) is 28.6 Å². The quantitative estimate of drug-likeness (QED) is 0.685. The number of hydrogen-bond donors (Lipinski definition) is 1. The predicted molar refractivity (Wildman–Crippen MR) is 68.7 cm³/mol. The van der Waals surface area contributed by atoms with E-state index in [4.69, 9.17) is 4.74 Å². The van der Waals surface area contributed by atoms with Gasteiger partial charge in [-0.1, -0.05) is 6.92 Å². The summed E-state index contributed by atoms with van der Waals surface area (Å²) in [4.78, 5) is 35.0.